The number of piperidine rings is 1. The number of carbonyl (C=O) groups is 1. The van der Waals surface area contributed by atoms with E-state index in [0.717, 1.165) is 43.3 Å². The van der Waals surface area contributed by atoms with Crippen molar-refractivity contribution in [3.8, 4) is 0 Å². The summed E-state index contributed by atoms with van der Waals surface area (Å²) in [4.78, 5) is 15.7. The van der Waals surface area contributed by atoms with Crippen LogP contribution >= 0.6 is 0 Å². The molecule has 2 atom stereocenters. The standard InChI is InChI=1S/C22H32N4O2/c1-15(2)26-20-8-5-4-7-19(20)21(24-26)22(27)23-16-13-17-9-10-18(14-16)25(17)11-6-12-28-3/h4-5,7-8,15-18H,6,9-14H2,1-3H3,(H,23,27). The van der Waals surface area contributed by atoms with E-state index in [2.05, 4.69) is 29.2 Å². The molecule has 28 heavy (non-hydrogen) atoms. The van der Waals surface area contributed by atoms with Gasteiger partial charge in [0, 0.05) is 49.8 Å². The number of nitrogens with one attached hydrogen (secondary N) is 1. The molecule has 2 aromatic rings. The van der Waals surface area contributed by atoms with Crippen LogP contribution in [-0.4, -0.2) is 59.0 Å². The van der Waals surface area contributed by atoms with Gasteiger partial charge < -0.3 is 10.1 Å². The molecule has 3 heterocycles. The van der Waals surface area contributed by atoms with Gasteiger partial charge in [-0.15, -0.1) is 0 Å². The third-order valence-electron chi connectivity index (χ3n) is 6.30. The van der Waals surface area contributed by atoms with Gasteiger partial charge in [0.25, 0.3) is 5.91 Å². The monoisotopic (exact) mass is 384 g/mol. The van der Waals surface area contributed by atoms with E-state index in [1.165, 1.54) is 12.8 Å². The van der Waals surface area contributed by atoms with Crippen LogP contribution in [-0.2, 0) is 4.74 Å². The summed E-state index contributed by atoms with van der Waals surface area (Å²) in [6.07, 6.45) is 5.65. The van der Waals surface area contributed by atoms with Gasteiger partial charge in [0.1, 0.15) is 0 Å². The molecule has 2 unspecified atom stereocenters. The molecule has 0 spiro atoms. The van der Waals surface area contributed by atoms with Crippen LogP contribution < -0.4 is 5.32 Å². The average Bonchev–Trinajstić information content (AvgIpc) is 3.17. The Labute approximate surface area is 167 Å². The van der Waals surface area contributed by atoms with Gasteiger partial charge >= 0.3 is 0 Å². The number of ether oxygens (including phenoxy) is 1. The van der Waals surface area contributed by atoms with E-state index in [0.29, 0.717) is 17.8 Å². The number of para-hydroxylation sites is 1. The zero-order valence-electron chi connectivity index (χ0n) is 17.2. The molecular weight excluding hydrogens is 352 g/mol. The molecule has 152 valence electrons. The van der Waals surface area contributed by atoms with Crippen molar-refractivity contribution in [2.75, 3.05) is 20.3 Å². The van der Waals surface area contributed by atoms with E-state index in [9.17, 15) is 4.79 Å². The maximum Gasteiger partial charge on any atom is 0.272 e. The van der Waals surface area contributed by atoms with E-state index in [-0.39, 0.29) is 18.0 Å². The SMILES string of the molecule is COCCCN1C2CCC1CC(NC(=O)c1nn(C(C)C)c3ccccc13)C2. The minimum atomic E-state index is -0.0344. The Hall–Kier alpha value is -1.92. The summed E-state index contributed by atoms with van der Waals surface area (Å²) in [5.74, 6) is -0.0344. The Morgan fingerprint density at radius 3 is 2.64 bits per heavy atom. The van der Waals surface area contributed by atoms with Gasteiger partial charge in [0.15, 0.2) is 5.69 Å². The molecule has 2 bridgehead atoms. The number of benzene rings is 1. The highest BCUT2D eigenvalue weighted by molar-refractivity contribution is 6.05. The lowest BCUT2D eigenvalue weighted by molar-refractivity contribution is 0.0810. The van der Waals surface area contributed by atoms with Crippen molar-refractivity contribution < 1.29 is 9.53 Å². The Balaban J connectivity index is 1.45. The van der Waals surface area contributed by atoms with E-state index < -0.39 is 0 Å². The number of aromatic nitrogens is 2. The van der Waals surface area contributed by atoms with Crippen molar-refractivity contribution in [3.63, 3.8) is 0 Å². The van der Waals surface area contributed by atoms with Crippen LogP contribution in [0.25, 0.3) is 10.9 Å². The van der Waals surface area contributed by atoms with Crippen LogP contribution in [0.3, 0.4) is 0 Å². The summed E-state index contributed by atoms with van der Waals surface area (Å²) >= 11 is 0. The number of fused-ring (bicyclic) bond motifs is 3. The largest absolute Gasteiger partial charge is 0.385 e. The fourth-order valence-corrected chi connectivity index (χ4v) is 5.05. The maximum absolute atomic E-state index is 13.1. The highest BCUT2D eigenvalue weighted by Gasteiger charge is 2.40. The molecule has 2 fully saturated rings. The van der Waals surface area contributed by atoms with E-state index in [1.54, 1.807) is 7.11 Å². The molecule has 1 amide bonds. The number of amides is 1. The Kier molecular flexibility index (Phi) is 5.69. The molecule has 1 aromatic carbocycles. The number of rotatable bonds is 7. The molecule has 6 nitrogen and oxygen atoms in total. The van der Waals surface area contributed by atoms with Gasteiger partial charge in [0.2, 0.25) is 0 Å². The summed E-state index contributed by atoms with van der Waals surface area (Å²) in [5, 5.41) is 8.89. The zero-order valence-corrected chi connectivity index (χ0v) is 17.2. The van der Waals surface area contributed by atoms with E-state index in [1.807, 2.05) is 28.9 Å². The summed E-state index contributed by atoms with van der Waals surface area (Å²) in [5.41, 5.74) is 1.58. The number of methoxy groups -OCH3 is 1. The minimum Gasteiger partial charge on any atom is -0.385 e. The first-order chi connectivity index (χ1) is 13.6. The quantitative estimate of drug-likeness (QED) is 0.744. The lowest BCUT2D eigenvalue weighted by Crippen LogP contribution is -2.50. The predicted molar refractivity (Wildman–Crippen MR) is 111 cm³/mol. The maximum atomic E-state index is 13.1. The minimum absolute atomic E-state index is 0.0344. The molecular formula is C22H32N4O2. The zero-order chi connectivity index (χ0) is 19.7. The van der Waals surface area contributed by atoms with E-state index in [4.69, 9.17) is 4.74 Å². The average molecular weight is 385 g/mol. The number of hydrogen-bond acceptors (Lipinski definition) is 4. The second-order valence-electron chi connectivity index (χ2n) is 8.52. The van der Waals surface area contributed by atoms with Crippen LogP contribution in [0.15, 0.2) is 24.3 Å². The second kappa shape index (κ2) is 8.21. The number of hydrogen-bond donors (Lipinski definition) is 1. The Bertz CT molecular complexity index is 817. The molecule has 0 aliphatic carbocycles. The summed E-state index contributed by atoms with van der Waals surface area (Å²) in [7, 11) is 1.76. The van der Waals surface area contributed by atoms with Crippen LogP contribution in [0.2, 0.25) is 0 Å². The van der Waals surface area contributed by atoms with Crippen LogP contribution in [0.4, 0.5) is 0 Å². The van der Waals surface area contributed by atoms with Crippen molar-refractivity contribution in [1.82, 2.24) is 20.0 Å². The van der Waals surface area contributed by atoms with E-state index >= 15 is 0 Å². The highest BCUT2D eigenvalue weighted by atomic mass is 16.5. The van der Waals surface area contributed by atoms with Crippen molar-refractivity contribution in [1.29, 1.82) is 0 Å². The lowest BCUT2D eigenvalue weighted by atomic mass is 9.96. The smallest absolute Gasteiger partial charge is 0.272 e. The first kappa shape index (κ1) is 19.4. The summed E-state index contributed by atoms with van der Waals surface area (Å²) in [6.45, 7) is 6.12. The molecule has 0 radical (unpaired) electrons. The van der Waals surface area contributed by atoms with Gasteiger partial charge in [-0.2, -0.15) is 5.10 Å². The van der Waals surface area contributed by atoms with Gasteiger partial charge in [-0.3, -0.25) is 14.4 Å². The Morgan fingerprint density at radius 1 is 1.25 bits per heavy atom. The second-order valence-corrected chi connectivity index (χ2v) is 8.52. The molecule has 1 N–H and O–H groups in total. The fraction of sp³-hybridized carbons (Fsp3) is 0.636. The Morgan fingerprint density at radius 2 is 1.96 bits per heavy atom. The summed E-state index contributed by atoms with van der Waals surface area (Å²) in [6, 6.07) is 9.66. The highest BCUT2D eigenvalue weighted by Crippen LogP contribution is 2.36. The molecule has 2 saturated heterocycles. The third-order valence-corrected chi connectivity index (χ3v) is 6.30. The third kappa shape index (κ3) is 3.67. The number of carbonyl (C=O) groups excluding carboxylic acids is 1. The van der Waals surface area contributed by atoms with Gasteiger partial charge in [-0.25, -0.2) is 0 Å². The predicted octanol–water partition coefficient (Wildman–Crippen LogP) is 3.38. The van der Waals surface area contributed by atoms with Crippen LogP contribution in [0, 0.1) is 0 Å². The molecule has 0 saturated carbocycles. The first-order valence-corrected chi connectivity index (χ1v) is 10.6. The van der Waals surface area contributed by atoms with Crippen LogP contribution in [0.1, 0.15) is 62.5 Å². The molecule has 4 rings (SSSR count). The van der Waals surface area contributed by atoms with Crippen molar-refractivity contribution >= 4 is 16.8 Å². The normalized spacial score (nSPS) is 24.9. The topological polar surface area (TPSA) is 59.4 Å². The molecule has 2 aliphatic heterocycles. The van der Waals surface area contributed by atoms with Gasteiger partial charge in [-0.1, -0.05) is 18.2 Å². The van der Waals surface area contributed by atoms with Crippen molar-refractivity contribution in [2.24, 2.45) is 0 Å². The molecule has 2 aliphatic rings. The van der Waals surface area contributed by atoms with Gasteiger partial charge in [0.05, 0.1) is 5.52 Å². The van der Waals surface area contributed by atoms with Gasteiger partial charge in [-0.05, 0) is 52.0 Å². The lowest BCUT2D eigenvalue weighted by Gasteiger charge is -2.39. The fourth-order valence-electron chi connectivity index (χ4n) is 5.05. The van der Waals surface area contributed by atoms with Crippen molar-refractivity contribution in [2.45, 2.75) is 70.1 Å². The summed E-state index contributed by atoms with van der Waals surface area (Å²) < 4.78 is 7.16. The number of nitrogens with zero attached hydrogens (tertiary/aromatic N) is 3. The van der Waals surface area contributed by atoms with Crippen LogP contribution in [0.5, 0.6) is 0 Å². The molecule has 6 heteroatoms. The van der Waals surface area contributed by atoms with Crippen molar-refractivity contribution in [3.05, 3.63) is 30.0 Å². The molecule has 1 aromatic heterocycles. The first-order valence-electron chi connectivity index (χ1n) is 10.6.